The number of benzene rings is 1. The van der Waals surface area contributed by atoms with Gasteiger partial charge in [-0.25, -0.2) is 4.98 Å². The Bertz CT molecular complexity index is 913. The summed E-state index contributed by atoms with van der Waals surface area (Å²) >= 11 is 0. The van der Waals surface area contributed by atoms with Crippen molar-refractivity contribution < 1.29 is 9.53 Å². The Morgan fingerprint density at radius 2 is 2.11 bits per heavy atom. The first kappa shape index (κ1) is 17.4. The van der Waals surface area contributed by atoms with Gasteiger partial charge in [0.05, 0.1) is 36.2 Å². The molecule has 138 valence electrons. The summed E-state index contributed by atoms with van der Waals surface area (Å²) in [5.41, 5.74) is 4.72. The molecule has 1 saturated heterocycles. The van der Waals surface area contributed by atoms with Gasteiger partial charge in [0.25, 0.3) is 0 Å². The van der Waals surface area contributed by atoms with Crippen molar-refractivity contribution in [2.24, 2.45) is 5.92 Å². The van der Waals surface area contributed by atoms with E-state index in [2.05, 4.69) is 46.5 Å². The van der Waals surface area contributed by atoms with Crippen LogP contribution in [0.2, 0.25) is 0 Å². The van der Waals surface area contributed by atoms with Gasteiger partial charge in [0.2, 0.25) is 5.91 Å². The minimum atomic E-state index is -0.0632. The fourth-order valence-corrected chi connectivity index (χ4v) is 3.18. The molecule has 3 aromatic rings. The van der Waals surface area contributed by atoms with Crippen LogP contribution in [0.4, 0.5) is 0 Å². The third-order valence-corrected chi connectivity index (χ3v) is 4.73. The Kier molecular flexibility index (Phi) is 4.98. The van der Waals surface area contributed by atoms with E-state index in [-0.39, 0.29) is 11.8 Å². The van der Waals surface area contributed by atoms with Crippen molar-refractivity contribution in [1.82, 2.24) is 20.3 Å². The number of carbonyl (C=O) groups is 1. The van der Waals surface area contributed by atoms with Gasteiger partial charge in [0, 0.05) is 18.4 Å². The highest BCUT2D eigenvalue weighted by Crippen LogP contribution is 2.29. The summed E-state index contributed by atoms with van der Waals surface area (Å²) in [4.78, 5) is 24.8. The summed E-state index contributed by atoms with van der Waals surface area (Å²) < 4.78 is 5.29. The fourth-order valence-electron chi connectivity index (χ4n) is 3.18. The molecule has 0 spiro atoms. The highest BCUT2D eigenvalue weighted by atomic mass is 16.5. The zero-order valence-corrected chi connectivity index (χ0v) is 15.2. The second kappa shape index (κ2) is 7.72. The van der Waals surface area contributed by atoms with Crippen LogP contribution >= 0.6 is 0 Å². The van der Waals surface area contributed by atoms with E-state index in [0.29, 0.717) is 25.6 Å². The number of ether oxygens (including phenoxy) is 1. The molecule has 0 radical (unpaired) electrons. The number of carbonyl (C=O) groups excluding carboxylic acids is 1. The molecule has 1 aromatic carbocycles. The van der Waals surface area contributed by atoms with E-state index in [9.17, 15) is 4.79 Å². The van der Waals surface area contributed by atoms with Crippen LogP contribution < -0.4 is 5.32 Å². The van der Waals surface area contributed by atoms with Gasteiger partial charge < -0.3 is 15.0 Å². The summed E-state index contributed by atoms with van der Waals surface area (Å²) in [6.07, 6.45) is 2.54. The number of hydrogen-bond acceptors (Lipinski definition) is 4. The van der Waals surface area contributed by atoms with Crippen LogP contribution in [0.5, 0.6) is 0 Å². The van der Waals surface area contributed by atoms with Crippen molar-refractivity contribution in [3.05, 3.63) is 60.0 Å². The molecule has 1 unspecified atom stereocenters. The lowest BCUT2D eigenvalue weighted by molar-refractivity contribution is -0.125. The summed E-state index contributed by atoms with van der Waals surface area (Å²) in [6, 6.07) is 14.0. The maximum Gasteiger partial charge on any atom is 0.225 e. The molecule has 0 saturated carbocycles. The maximum atomic E-state index is 12.2. The standard InChI is InChI=1S/C21H22N4O2/c1-14-5-7-15(8-6-14)19-20(17-4-2-3-10-22-17)25-18(24-19)12-23-21(26)16-9-11-27-13-16/h2-8,10,16H,9,11-13H2,1H3,(H,23,26)(H,24,25). The number of hydrogen-bond donors (Lipinski definition) is 2. The number of aryl methyl sites for hydroxylation is 1. The van der Waals surface area contributed by atoms with Crippen LogP contribution in [0.25, 0.3) is 22.6 Å². The number of nitrogens with one attached hydrogen (secondary N) is 2. The van der Waals surface area contributed by atoms with Crippen LogP contribution in [-0.2, 0) is 16.1 Å². The zero-order valence-electron chi connectivity index (χ0n) is 15.2. The van der Waals surface area contributed by atoms with Gasteiger partial charge in [-0.2, -0.15) is 0 Å². The zero-order chi connectivity index (χ0) is 18.6. The van der Waals surface area contributed by atoms with Crippen LogP contribution in [0, 0.1) is 12.8 Å². The Morgan fingerprint density at radius 3 is 2.81 bits per heavy atom. The molecule has 0 bridgehead atoms. The van der Waals surface area contributed by atoms with Crippen molar-refractivity contribution >= 4 is 5.91 Å². The number of amides is 1. The van der Waals surface area contributed by atoms with E-state index in [1.807, 2.05) is 18.2 Å². The van der Waals surface area contributed by atoms with Gasteiger partial charge in [-0.05, 0) is 25.5 Å². The number of nitrogens with zero attached hydrogens (tertiary/aromatic N) is 2. The molecule has 1 aliphatic heterocycles. The SMILES string of the molecule is Cc1ccc(-c2nc(CNC(=O)C3CCOC3)[nH]c2-c2ccccn2)cc1. The van der Waals surface area contributed by atoms with E-state index in [4.69, 9.17) is 9.72 Å². The lowest BCUT2D eigenvalue weighted by Gasteiger charge is -2.07. The van der Waals surface area contributed by atoms with Crippen LogP contribution in [0.15, 0.2) is 48.7 Å². The predicted molar refractivity (Wildman–Crippen MR) is 103 cm³/mol. The minimum Gasteiger partial charge on any atom is -0.381 e. The predicted octanol–water partition coefficient (Wildman–Crippen LogP) is 3.10. The molecule has 1 amide bonds. The van der Waals surface area contributed by atoms with Crippen LogP contribution in [-0.4, -0.2) is 34.1 Å². The topological polar surface area (TPSA) is 79.9 Å². The quantitative estimate of drug-likeness (QED) is 0.731. The largest absolute Gasteiger partial charge is 0.381 e. The number of H-pyrrole nitrogens is 1. The molecule has 1 fully saturated rings. The molecule has 0 aliphatic carbocycles. The van der Waals surface area contributed by atoms with Gasteiger partial charge in [-0.3, -0.25) is 9.78 Å². The molecule has 2 aromatic heterocycles. The van der Waals surface area contributed by atoms with E-state index >= 15 is 0 Å². The summed E-state index contributed by atoms with van der Waals surface area (Å²) in [5.74, 6) is 0.658. The molecular formula is C21H22N4O2. The van der Waals surface area contributed by atoms with Gasteiger partial charge in [0.15, 0.2) is 0 Å². The average molecular weight is 362 g/mol. The van der Waals surface area contributed by atoms with Crippen molar-refractivity contribution in [3.8, 4) is 22.6 Å². The Morgan fingerprint density at radius 1 is 1.26 bits per heavy atom. The van der Waals surface area contributed by atoms with Gasteiger partial charge in [-0.15, -0.1) is 0 Å². The second-order valence-corrected chi connectivity index (χ2v) is 6.77. The Labute approximate surface area is 158 Å². The highest BCUT2D eigenvalue weighted by Gasteiger charge is 2.23. The smallest absolute Gasteiger partial charge is 0.225 e. The molecule has 2 N–H and O–H groups in total. The molecular weight excluding hydrogens is 340 g/mol. The van der Waals surface area contributed by atoms with Crippen molar-refractivity contribution in [1.29, 1.82) is 0 Å². The van der Waals surface area contributed by atoms with Crippen LogP contribution in [0.1, 0.15) is 17.8 Å². The third kappa shape index (κ3) is 3.90. The van der Waals surface area contributed by atoms with E-state index in [1.165, 1.54) is 5.56 Å². The molecule has 1 atom stereocenters. The van der Waals surface area contributed by atoms with Crippen molar-refractivity contribution in [2.45, 2.75) is 19.9 Å². The summed E-state index contributed by atoms with van der Waals surface area (Å²) in [5, 5.41) is 2.96. The van der Waals surface area contributed by atoms with Gasteiger partial charge in [-0.1, -0.05) is 35.9 Å². The van der Waals surface area contributed by atoms with Gasteiger partial charge >= 0.3 is 0 Å². The molecule has 27 heavy (non-hydrogen) atoms. The lowest BCUT2D eigenvalue weighted by atomic mass is 10.1. The van der Waals surface area contributed by atoms with Gasteiger partial charge in [0.1, 0.15) is 5.82 Å². The van der Waals surface area contributed by atoms with Crippen molar-refractivity contribution in [2.75, 3.05) is 13.2 Å². The summed E-state index contributed by atoms with van der Waals surface area (Å²) in [6.45, 7) is 3.56. The second-order valence-electron chi connectivity index (χ2n) is 6.77. The number of pyridine rings is 1. The first-order valence-corrected chi connectivity index (χ1v) is 9.13. The van der Waals surface area contributed by atoms with Crippen molar-refractivity contribution in [3.63, 3.8) is 0 Å². The maximum absolute atomic E-state index is 12.2. The molecule has 4 rings (SSSR count). The minimum absolute atomic E-state index is 0.0140. The summed E-state index contributed by atoms with van der Waals surface area (Å²) in [7, 11) is 0. The number of aromatic amines is 1. The lowest BCUT2D eigenvalue weighted by Crippen LogP contribution is -2.30. The first-order chi connectivity index (χ1) is 13.2. The molecule has 3 heterocycles. The third-order valence-electron chi connectivity index (χ3n) is 4.73. The number of rotatable bonds is 5. The molecule has 6 nitrogen and oxygen atoms in total. The normalized spacial score (nSPS) is 16.4. The van der Waals surface area contributed by atoms with Crippen LogP contribution in [0.3, 0.4) is 0 Å². The first-order valence-electron chi connectivity index (χ1n) is 9.13. The fraction of sp³-hybridized carbons (Fsp3) is 0.286. The monoisotopic (exact) mass is 362 g/mol. The van der Waals surface area contributed by atoms with E-state index in [0.717, 1.165) is 29.1 Å². The average Bonchev–Trinajstić information content (AvgIpc) is 3.38. The number of imidazole rings is 1. The number of aromatic nitrogens is 3. The Balaban J connectivity index is 1.61. The highest BCUT2D eigenvalue weighted by molar-refractivity contribution is 5.79. The molecule has 6 heteroatoms. The van der Waals surface area contributed by atoms with E-state index < -0.39 is 0 Å². The Hall–Kier alpha value is -2.99. The molecule has 1 aliphatic rings. The van der Waals surface area contributed by atoms with E-state index in [1.54, 1.807) is 6.20 Å².